The summed E-state index contributed by atoms with van der Waals surface area (Å²) < 4.78 is 0. The summed E-state index contributed by atoms with van der Waals surface area (Å²) in [6, 6.07) is 0. The smallest absolute Gasteiger partial charge is 0.0313 e. The normalized spacial score (nSPS) is 11.3. The van der Waals surface area contributed by atoms with Gasteiger partial charge >= 0.3 is 0 Å². The van der Waals surface area contributed by atoms with E-state index in [-0.39, 0.29) is 0 Å². The lowest BCUT2D eigenvalue weighted by atomic mass is 10.2. The molecule has 0 saturated carbocycles. The van der Waals surface area contributed by atoms with Gasteiger partial charge in [-0.1, -0.05) is 30.4 Å². The molecule has 1 radical (unpaired) electrons. The Morgan fingerprint density at radius 1 is 1.10 bits per heavy atom. The predicted octanol–water partition coefficient (Wildman–Crippen LogP) is 3.29. The van der Waals surface area contributed by atoms with Crippen LogP contribution in [0.5, 0.6) is 0 Å². The Hall–Kier alpha value is -0.780. The Morgan fingerprint density at radius 2 is 1.90 bits per heavy atom. The minimum absolute atomic E-state index is 1.11. The van der Waals surface area contributed by atoms with Crippen molar-refractivity contribution in [3.05, 3.63) is 43.9 Å². The molecule has 0 aliphatic rings. The molecule has 0 spiro atoms. The summed E-state index contributed by atoms with van der Waals surface area (Å²) in [6.45, 7) is 7.22. The van der Waals surface area contributed by atoms with Gasteiger partial charge < -0.3 is 0 Å². The van der Waals surface area contributed by atoms with Crippen LogP contribution in [-0.4, -0.2) is 0 Å². The van der Waals surface area contributed by atoms with E-state index in [9.17, 15) is 0 Å². The maximum atomic E-state index is 3.65. The summed E-state index contributed by atoms with van der Waals surface area (Å²) in [5.74, 6) is 0. The first-order valence-corrected chi connectivity index (χ1v) is 3.63. The zero-order valence-corrected chi connectivity index (χ0v) is 6.42. The quantitative estimate of drug-likeness (QED) is 0.308. The largest absolute Gasteiger partial charge is 0.103 e. The van der Waals surface area contributed by atoms with E-state index in [2.05, 4.69) is 19.6 Å². The highest BCUT2D eigenvalue weighted by atomic mass is 13.8. The molecule has 0 aromatic heterocycles. The third kappa shape index (κ3) is 7.22. The molecule has 0 bridgehead atoms. The van der Waals surface area contributed by atoms with Gasteiger partial charge in [0, 0.05) is 0 Å². The van der Waals surface area contributed by atoms with Crippen LogP contribution in [0.4, 0.5) is 0 Å². The van der Waals surface area contributed by atoms with Gasteiger partial charge in [-0.15, -0.1) is 6.58 Å². The highest BCUT2D eigenvalue weighted by Gasteiger charge is 1.76. The van der Waals surface area contributed by atoms with E-state index < -0.39 is 0 Å². The summed E-state index contributed by atoms with van der Waals surface area (Å²) in [6.07, 6.45) is 13.3. The number of allylic oxidation sites excluding steroid dienone is 5. The monoisotopic (exact) mass is 135 g/mol. The van der Waals surface area contributed by atoms with Gasteiger partial charge in [-0.05, 0) is 26.2 Å². The van der Waals surface area contributed by atoms with Crippen molar-refractivity contribution in [1.82, 2.24) is 0 Å². The molecule has 0 aromatic rings. The highest BCUT2D eigenvalue weighted by Crippen LogP contribution is 1.96. The topological polar surface area (TPSA) is 0 Å². The van der Waals surface area contributed by atoms with Gasteiger partial charge in [-0.3, -0.25) is 0 Å². The number of rotatable bonds is 5. The summed E-state index contributed by atoms with van der Waals surface area (Å²) in [5, 5.41) is 0. The molecule has 0 saturated heterocycles. The third-order valence-corrected chi connectivity index (χ3v) is 1.16. The first kappa shape index (κ1) is 9.22. The SMILES string of the molecule is [CH2]C=CC=CCCCC=C. The van der Waals surface area contributed by atoms with Crippen LogP contribution in [0.25, 0.3) is 0 Å². The molecule has 0 fully saturated rings. The van der Waals surface area contributed by atoms with E-state index in [1.807, 2.05) is 18.2 Å². The average molecular weight is 135 g/mol. The summed E-state index contributed by atoms with van der Waals surface area (Å²) in [4.78, 5) is 0. The van der Waals surface area contributed by atoms with Gasteiger partial charge in [0.2, 0.25) is 0 Å². The van der Waals surface area contributed by atoms with Gasteiger partial charge in [0.1, 0.15) is 0 Å². The molecular weight excluding hydrogens is 120 g/mol. The maximum Gasteiger partial charge on any atom is -0.0313 e. The van der Waals surface area contributed by atoms with Crippen molar-refractivity contribution in [1.29, 1.82) is 0 Å². The number of hydrogen-bond acceptors (Lipinski definition) is 0. The first-order chi connectivity index (χ1) is 4.91. The molecule has 0 N–H and O–H groups in total. The maximum absolute atomic E-state index is 3.65. The Labute approximate surface area is 64.0 Å². The Balaban J connectivity index is 3.09. The van der Waals surface area contributed by atoms with E-state index in [1.54, 1.807) is 6.08 Å². The van der Waals surface area contributed by atoms with Gasteiger partial charge in [-0.2, -0.15) is 0 Å². The van der Waals surface area contributed by atoms with Crippen molar-refractivity contribution < 1.29 is 0 Å². The van der Waals surface area contributed by atoms with Crippen LogP contribution in [0.2, 0.25) is 0 Å². The van der Waals surface area contributed by atoms with Crippen LogP contribution in [-0.2, 0) is 0 Å². The molecule has 0 atom stereocenters. The van der Waals surface area contributed by atoms with Crippen molar-refractivity contribution in [3.63, 3.8) is 0 Å². The van der Waals surface area contributed by atoms with E-state index in [4.69, 9.17) is 0 Å². The van der Waals surface area contributed by atoms with E-state index in [1.165, 1.54) is 6.42 Å². The molecule has 0 heteroatoms. The fourth-order valence-corrected chi connectivity index (χ4v) is 0.633. The van der Waals surface area contributed by atoms with Crippen molar-refractivity contribution >= 4 is 0 Å². The second kappa shape index (κ2) is 8.22. The van der Waals surface area contributed by atoms with Crippen LogP contribution in [0.1, 0.15) is 19.3 Å². The second-order valence-corrected chi connectivity index (χ2v) is 2.08. The van der Waals surface area contributed by atoms with E-state index >= 15 is 0 Å². The van der Waals surface area contributed by atoms with Gasteiger partial charge in [0.25, 0.3) is 0 Å². The lowest BCUT2D eigenvalue weighted by molar-refractivity contribution is 0.870. The molecule has 0 aromatic carbocycles. The van der Waals surface area contributed by atoms with Crippen LogP contribution >= 0.6 is 0 Å². The summed E-state index contributed by atoms with van der Waals surface area (Å²) in [7, 11) is 0. The molecular formula is C10H15. The van der Waals surface area contributed by atoms with Crippen LogP contribution in [0, 0.1) is 6.92 Å². The van der Waals surface area contributed by atoms with Crippen molar-refractivity contribution in [2.24, 2.45) is 0 Å². The molecule has 0 aliphatic heterocycles. The lowest BCUT2D eigenvalue weighted by Crippen LogP contribution is -1.66. The van der Waals surface area contributed by atoms with Gasteiger partial charge in [0.15, 0.2) is 0 Å². The number of hydrogen-bond donors (Lipinski definition) is 0. The minimum atomic E-state index is 1.11. The predicted molar refractivity (Wildman–Crippen MR) is 47.7 cm³/mol. The molecule has 55 valence electrons. The zero-order chi connectivity index (χ0) is 7.66. The Bertz CT molecular complexity index is 118. The average Bonchev–Trinajstić information content (AvgIpc) is 1.97. The zero-order valence-electron chi connectivity index (χ0n) is 6.42. The molecule has 0 rings (SSSR count). The molecule has 0 unspecified atom stereocenters. The molecule has 0 amide bonds. The first-order valence-electron chi connectivity index (χ1n) is 3.63. The summed E-state index contributed by atoms with van der Waals surface area (Å²) in [5.41, 5.74) is 0. The van der Waals surface area contributed by atoms with Gasteiger partial charge in [0.05, 0.1) is 0 Å². The molecule has 10 heavy (non-hydrogen) atoms. The summed E-state index contributed by atoms with van der Waals surface area (Å²) >= 11 is 0. The molecule has 0 nitrogen and oxygen atoms in total. The third-order valence-electron chi connectivity index (χ3n) is 1.16. The van der Waals surface area contributed by atoms with Crippen molar-refractivity contribution in [2.45, 2.75) is 19.3 Å². The fourth-order valence-electron chi connectivity index (χ4n) is 0.633. The van der Waals surface area contributed by atoms with Crippen molar-refractivity contribution in [2.75, 3.05) is 0 Å². The Morgan fingerprint density at radius 3 is 2.50 bits per heavy atom. The van der Waals surface area contributed by atoms with Crippen LogP contribution in [0.3, 0.4) is 0 Å². The van der Waals surface area contributed by atoms with Crippen LogP contribution < -0.4 is 0 Å². The van der Waals surface area contributed by atoms with E-state index in [0.717, 1.165) is 12.8 Å². The second-order valence-electron chi connectivity index (χ2n) is 2.08. The number of unbranched alkanes of at least 4 members (excludes halogenated alkanes) is 2. The van der Waals surface area contributed by atoms with Gasteiger partial charge in [-0.25, -0.2) is 0 Å². The minimum Gasteiger partial charge on any atom is -0.103 e. The van der Waals surface area contributed by atoms with Crippen molar-refractivity contribution in [3.8, 4) is 0 Å². The van der Waals surface area contributed by atoms with Crippen LogP contribution in [0.15, 0.2) is 37.0 Å². The molecule has 0 heterocycles. The molecule has 0 aliphatic carbocycles. The highest BCUT2D eigenvalue weighted by molar-refractivity contribution is 5.03. The lowest BCUT2D eigenvalue weighted by Gasteiger charge is -1.86. The Kier molecular flexibility index (Phi) is 7.58. The van der Waals surface area contributed by atoms with E-state index in [0.29, 0.717) is 0 Å². The standard InChI is InChI=1S/C10H15/c1-3-5-7-9-10-8-6-4-2/h3-5,7,9H,1-2,6,8,10H2. The fraction of sp³-hybridized carbons (Fsp3) is 0.300.